The molecule has 0 N–H and O–H groups in total. The molecule has 2 aliphatic rings. The number of carbonyl (C=O) groups excluding carboxylic acids is 3. The van der Waals surface area contributed by atoms with Crippen LogP contribution in [0.25, 0.3) is 0 Å². The smallest absolute Gasteiger partial charge is 0.246 e. The lowest BCUT2D eigenvalue weighted by Crippen LogP contribution is -2.59. The fourth-order valence-corrected chi connectivity index (χ4v) is 4.02. The van der Waals surface area contributed by atoms with E-state index < -0.39 is 6.04 Å². The number of nitrogens with zero attached hydrogens (tertiary/aromatic N) is 5. The van der Waals surface area contributed by atoms with Gasteiger partial charge in [-0.15, -0.1) is 0 Å². The van der Waals surface area contributed by atoms with E-state index in [9.17, 15) is 14.4 Å². The lowest BCUT2D eigenvalue weighted by molar-refractivity contribution is -0.156. The van der Waals surface area contributed by atoms with Crippen LogP contribution in [0.1, 0.15) is 18.4 Å². The summed E-state index contributed by atoms with van der Waals surface area (Å²) >= 11 is 0. The molecular formula is C21H25N5O3. The second kappa shape index (κ2) is 8.46. The van der Waals surface area contributed by atoms with E-state index in [1.54, 1.807) is 27.2 Å². The summed E-state index contributed by atoms with van der Waals surface area (Å²) in [5, 5.41) is 0. The number of amides is 3. The molecule has 4 rings (SSSR count). The number of aryl methyl sites for hydroxylation is 1. The van der Waals surface area contributed by atoms with Crippen molar-refractivity contribution in [2.75, 3.05) is 26.2 Å². The van der Waals surface area contributed by atoms with Gasteiger partial charge in [0.05, 0.1) is 6.33 Å². The van der Waals surface area contributed by atoms with Gasteiger partial charge in [0.1, 0.15) is 12.6 Å². The van der Waals surface area contributed by atoms with Crippen molar-refractivity contribution < 1.29 is 14.4 Å². The molecule has 1 aromatic heterocycles. The first-order valence-corrected chi connectivity index (χ1v) is 9.97. The van der Waals surface area contributed by atoms with Gasteiger partial charge in [-0.3, -0.25) is 14.4 Å². The molecule has 0 saturated carbocycles. The quantitative estimate of drug-likeness (QED) is 0.748. The maximum Gasteiger partial charge on any atom is 0.246 e. The van der Waals surface area contributed by atoms with Crippen LogP contribution in [0, 0.1) is 0 Å². The normalized spacial score (nSPS) is 19.9. The molecule has 0 spiro atoms. The molecule has 0 radical (unpaired) electrons. The molecule has 0 bridgehead atoms. The molecule has 152 valence electrons. The number of hydrogen-bond acceptors (Lipinski definition) is 4. The van der Waals surface area contributed by atoms with Crippen molar-refractivity contribution in [1.29, 1.82) is 0 Å². The number of piperazine rings is 1. The topological polar surface area (TPSA) is 78.8 Å². The van der Waals surface area contributed by atoms with Gasteiger partial charge in [-0.2, -0.15) is 0 Å². The zero-order valence-electron chi connectivity index (χ0n) is 16.3. The molecule has 2 fully saturated rings. The van der Waals surface area contributed by atoms with E-state index in [-0.39, 0.29) is 24.3 Å². The molecule has 1 unspecified atom stereocenters. The Morgan fingerprint density at radius 2 is 1.93 bits per heavy atom. The third-order valence-corrected chi connectivity index (χ3v) is 5.61. The van der Waals surface area contributed by atoms with Crippen molar-refractivity contribution in [3.8, 4) is 0 Å². The van der Waals surface area contributed by atoms with Gasteiger partial charge in [0.15, 0.2) is 0 Å². The van der Waals surface area contributed by atoms with Crippen molar-refractivity contribution in [1.82, 2.24) is 24.3 Å². The van der Waals surface area contributed by atoms with Crippen molar-refractivity contribution in [2.45, 2.75) is 32.0 Å². The highest BCUT2D eigenvalue weighted by Gasteiger charge is 2.40. The van der Waals surface area contributed by atoms with E-state index in [2.05, 4.69) is 4.98 Å². The zero-order chi connectivity index (χ0) is 20.2. The second-order valence-electron chi connectivity index (χ2n) is 7.50. The number of aromatic nitrogens is 2. The standard InChI is InChI=1S/C21H25N5O3/c27-19(7-9-23-11-8-22-16-23)24-10-6-18-21(29)25(14-17-4-2-1-3-5-17)15-20(28)26(18)13-12-24/h1-5,8,11,16,18H,6-7,9-10,12-15H2. The van der Waals surface area contributed by atoms with E-state index in [0.29, 0.717) is 45.6 Å². The molecule has 29 heavy (non-hydrogen) atoms. The van der Waals surface area contributed by atoms with Crippen LogP contribution in [-0.4, -0.2) is 74.2 Å². The Morgan fingerprint density at radius 3 is 2.69 bits per heavy atom. The molecule has 1 aromatic carbocycles. The molecule has 3 amide bonds. The minimum Gasteiger partial charge on any atom is -0.341 e. The molecule has 8 heteroatoms. The predicted octanol–water partition coefficient (Wildman–Crippen LogP) is 0.745. The van der Waals surface area contributed by atoms with Crippen LogP contribution in [0.4, 0.5) is 0 Å². The Kier molecular flexibility index (Phi) is 5.59. The van der Waals surface area contributed by atoms with E-state index in [1.165, 1.54) is 0 Å². The highest BCUT2D eigenvalue weighted by Crippen LogP contribution is 2.21. The Morgan fingerprint density at radius 1 is 1.10 bits per heavy atom. The number of benzene rings is 1. The molecule has 2 aliphatic heterocycles. The predicted molar refractivity (Wildman–Crippen MR) is 105 cm³/mol. The fourth-order valence-electron chi connectivity index (χ4n) is 4.02. The summed E-state index contributed by atoms with van der Waals surface area (Å²) in [4.78, 5) is 47.4. The summed E-state index contributed by atoms with van der Waals surface area (Å²) in [5.41, 5.74) is 1.01. The van der Waals surface area contributed by atoms with Crippen LogP contribution >= 0.6 is 0 Å². The minimum atomic E-state index is -0.480. The maximum atomic E-state index is 13.0. The maximum absolute atomic E-state index is 13.0. The summed E-state index contributed by atoms with van der Waals surface area (Å²) in [5.74, 6) is -0.0287. The first kappa shape index (κ1) is 19.2. The van der Waals surface area contributed by atoms with Gasteiger partial charge in [0.2, 0.25) is 17.7 Å². The lowest BCUT2D eigenvalue weighted by atomic mass is 10.1. The first-order valence-electron chi connectivity index (χ1n) is 9.97. The van der Waals surface area contributed by atoms with Crippen molar-refractivity contribution >= 4 is 17.7 Å². The summed E-state index contributed by atoms with van der Waals surface area (Å²) in [6.07, 6.45) is 6.06. The SMILES string of the molecule is O=C(CCn1ccnc1)N1CCC2C(=O)N(Cc3ccccc3)CC(=O)N2CC1. The number of hydrogen-bond donors (Lipinski definition) is 0. The highest BCUT2D eigenvalue weighted by molar-refractivity contribution is 5.95. The fraction of sp³-hybridized carbons (Fsp3) is 0.429. The number of carbonyl (C=O) groups is 3. The van der Waals surface area contributed by atoms with Gasteiger partial charge in [-0.1, -0.05) is 30.3 Å². The van der Waals surface area contributed by atoms with Crippen LogP contribution in [0.15, 0.2) is 49.1 Å². The van der Waals surface area contributed by atoms with Gasteiger partial charge in [-0.25, -0.2) is 4.98 Å². The van der Waals surface area contributed by atoms with Gasteiger partial charge in [-0.05, 0) is 12.0 Å². The summed E-state index contributed by atoms with van der Waals surface area (Å²) < 4.78 is 1.87. The molecule has 8 nitrogen and oxygen atoms in total. The molecule has 3 heterocycles. The second-order valence-corrected chi connectivity index (χ2v) is 7.50. The van der Waals surface area contributed by atoms with Gasteiger partial charge in [0, 0.05) is 51.5 Å². The Labute approximate surface area is 169 Å². The third kappa shape index (κ3) is 4.31. The van der Waals surface area contributed by atoms with Crippen LogP contribution < -0.4 is 0 Å². The summed E-state index contributed by atoms with van der Waals surface area (Å²) in [6, 6.07) is 9.22. The zero-order valence-corrected chi connectivity index (χ0v) is 16.3. The first-order chi connectivity index (χ1) is 14.1. The Bertz CT molecular complexity index is 868. The minimum absolute atomic E-state index is 0.0267. The van der Waals surface area contributed by atoms with E-state index in [1.807, 2.05) is 41.1 Å². The lowest BCUT2D eigenvalue weighted by Gasteiger charge is -2.39. The van der Waals surface area contributed by atoms with Gasteiger partial charge < -0.3 is 19.3 Å². The number of fused-ring (bicyclic) bond motifs is 1. The monoisotopic (exact) mass is 395 g/mol. The molecular weight excluding hydrogens is 370 g/mol. The van der Waals surface area contributed by atoms with Crippen LogP contribution in [0.5, 0.6) is 0 Å². The Balaban J connectivity index is 1.38. The Hall–Kier alpha value is -3.16. The van der Waals surface area contributed by atoms with Gasteiger partial charge in [0.25, 0.3) is 0 Å². The van der Waals surface area contributed by atoms with Crippen molar-refractivity contribution in [3.05, 3.63) is 54.6 Å². The molecule has 0 aliphatic carbocycles. The average Bonchev–Trinajstić information content (AvgIpc) is 3.15. The van der Waals surface area contributed by atoms with Crippen molar-refractivity contribution in [3.63, 3.8) is 0 Å². The summed E-state index contributed by atoms with van der Waals surface area (Å²) in [7, 11) is 0. The van der Waals surface area contributed by atoms with Crippen LogP contribution in [0.2, 0.25) is 0 Å². The van der Waals surface area contributed by atoms with Gasteiger partial charge >= 0.3 is 0 Å². The molecule has 1 atom stereocenters. The third-order valence-electron chi connectivity index (χ3n) is 5.61. The van der Waals surface area contributed by atoms with Crippen LogP contribution in [-0.2, 0) is 27.5 Å². The molecule has 2 saturated heterocycles. The highest BCUT2D eigenvalue weighted by atomic mass is 16.2. The summed E-state index contributed by atoms with van der Waals surface area (Å²) in [6.45, 7) is 2.47. The van der Waals surface area contributed by atoms with E-state index in [4.69, 9.17) is 0 Å². The van der Waals surface area contributed by atoms with E-state index >= 15 is 0 Å². The van der Waals surface area contributed by atoms with E-state index in [0.717, 1.165) is 5.56 Å². The van der Waals surface area contributed by atoms with Crippen LogP contribution in [0.3, 0.4) is 0 Å². The average molecular weight is 395 g/mol. The largest absolute Gasteiger partial charge is 0.341 e. The number of rotatable bonds is 5. The van der Waals surface area contributed by atoms with Crippen molar-refractivity contribution in [2.24, 2.45) is 0 Å². The number of imidazole rings is 1. The molecule has 2 aromatic rings.